The number of fused-ring (bicyclic) bond motifs is 2. The molecule has 0 atom stereocenters. The van der Waals surface area contributed by atoms with Crippen LogP contribution in [0.5, 0.6) is 0 Å². The van der Waals surface area contributed by atoms with Gasteiger partial charge in [-0.3, -0.25) is 9.59 Å². The van der Waals surface area contributed by atoms with Crippen LogP contribution in [0.2, 0.25) is 0 Å². The Morgan fingerprint density at radius 3 is 1.55 bits per heavy atom. The lowest BCUT2D eigenvalue weighted by atomic mass is 10.1. The van der Waals surface area contributed by atoms with E-state index in [0.29, 0.717) is 16.4 Å². The molecule has 0 fully saturated rings. The number of carbonyl (C=O) groups is 2. The van der Waals surface area contributed by atoms with Gasteiger partial charge in [0.2, 0.25) is 10.9 Å². The van der Waals surface area contributed by atoms with Crippen molar-refractivity contribution in [2.24, 2.45) is 0 Å². The minimum atomic E-state index is -0.863. The third-order valence-electron chi connectivity index (χ3n) is 6.22. The Bertz CT molecular complexity index is 1630. The molecule has 12 heteroatoms. The molecule has 0 N–H and O–H groups in total. The maximum atomic E-state index is 14.1. The zero-order valence-corrected chi connectivity index (χ0v) is 24.7. The second-order valence-corrected chi connectivity index (χ2v) is 11.3. The molecule has 0 aliphatic rings. The first-order chi connectivity index (χ1) is 19.0. The van der Waals surface area contributed by atoms with Crippen LogP contribution in [-0.4, -0.2) is 43.9 Å². The summed E-state index contributed by atoms with van der Waals surface area (Å²) in [4.78, 5) is 51.2. The van der Waals surface area contributed by atoms with Gasteiger partial charge in [0.15, 0.2) is 0 Å². The van der Waals surface area contributed by atoms with Gasteiger partial charge in [0.25, 0.3) is 0 Å². The van der Waals surface area contributed by atoms with Crippen LogP contribution in [0.25, 0.3) is 21.8 Å². The summed E-state index contributed by atoms with van der Waals surface area (Å²) < 4.78 is 40.7. The molecular formula is C28H24Br2F2N2O6. The van der Waals surface area contributed by atoms with Crippen LogP contribution in [0.3, 0.4) is 0 Å². The Balaban J connectivity index is 1.87. The van der Waals surface area contributed by atoms with E-state index in [1.807, 2.05) is 0 Å². The highest BCUT2D eigenvalue weighted by Crippen LogP contribution is 2.29. The van der Waals surface area contributed by atoms with E-state index in [1.54, 1.807) is 23.0 Å². The van der Waals surface area contributed by atoms with Gasteiger partial charge in [-0.05, 0) is 50.2 Å². The van der Waals surface area contributed by atoms with Crippen LogP contribution in [-0.2, 0) is 22.6 Å². The molecule has 0 aliphatic heterocycles. The summed E-state index contributed by atoms with van der Waals surface area (Å²) in [7, 11) is 0. The van der Waals surface area contributed by atoms with Crippen molar-refractivity contribution in [2.45, 2.75) is 31.3 Å². The minimum Gasteiger partial charge on any atom is -0.462 e. The van der Waals surface area contributed by atoms with Crippen LogP contribution in [0, 0.1) is 11.6 Å². The minimum absolute atomic E-state index is 0.00357. The first-order valence-corrected chi connectivity index (χ1v) is 14.2. The maximum absolute atomic E-state index is 14.1. The lowest BCUT2D eigenvalue weighted by Gasteiger charge is -2.29. The van der Waals surface area contributed by atoms with E-state index in [4.69, 9.17) is 9.47 Å². The van der Waals surface area contributed by atoms with Crippen LogP contribution in [0.15, 0.2) is 58.4 Å². The van der Waals surface area contributed by atoms with Crippen molar-refractivity contribution in [3.8, 4) is 0 Å². The summed E-state index contributed by atoms with van der Waals surface area (Å²) in [5.41, 5.74) is -1.06. The Morgan fingerprint density at radius 1 is 0.800 bits per heavy atom. The summed E-state index contributed by atoms with van der Waals surface area (Å²) in [5.74, 6) is -2.94. The fraction of sp³-hybridized carbons (Fsp3) is 0.286. The zero-order chi connectivity index (χ0) is 29.2. The quantitative estimate of drug-likeness (QED) is 0.179. The van der Waals surface area contributed by atoms with Crippen molar-refractivity contribution < 1.29 is 27.8 Å². The van der Waals surface area contributed by atoms with Crippen LogP contribution in [0.4, 0.5) is 8.78 Å². The Kier molecular flexibility index (Phi) is 8.89. The van der Waals surface area contributed by atoms with E-state index < -0.39 is 38.8 Å². The first kappa shape index (κ1) is 29.6. The Hall–Kier alpha value is -3.38. The number of halogens is 4. The molecule has 210 valence electrons. The van der Waals surface area contributed by atoms with Crippen LogP contribution in [0.1, 0.15) is 34.6 Å². The highest BCUT2D eigenvalue weighted by Gasteiger charge is 2.30. The normalized spacial score (nSPS) is 11.7. The molecule has 0 unspecified atom stereocenters. The second kappa shape index (κ2) is 12.0. The monoisotopic (exact) mass is 680 g/mol. The fourth-order valence-electron chi connectivity index (χ4n) is 4.45. The second-order valence-electron chi connectivity index (χ2n) is 9.05. The number of aromatic nitrogens is 2. The number of carbonyl (C=O) groups excluding carboxylic acids is 2. The number of benzene rings is 2. The third kappa shape index (κ3) is 5.87. The standard InChI is InChI=1S/C28H24Br2F2N2O6/c1-3-39-26(37)20-11-33(22-7-5-16(31)9-18(22)24(20)35)14-28(30,13-29)15-34-12-21(27(38)40-4-2)25(36)19-10-17(32)6-8-23(19)34/h5-12H,3-4,13-15H2,1-2H3. The summed E-state index contributed by atoms with van der Waals surface area (Å²) in [6.45, 7) is 3.58. The summed E-state index contributed by atoms with van der Waals surface area (Å²) in [6, 6.07) is 7.44. The molecule has 0 spiro atoms. The lowest BCUT2D eigenvalue weighted by molar-refractivity contribution is 0.0514. The third-order valence-corrected chi connectivity index (χ3v) is 8.83. The van der Waals surface area contributed by atoms with Gasteiger partial charge in [-0.2, -0.15) is 0 Å². The zero-order valence-electron chi connectivity index (χ0n) is 21.5. The number of alkyl halides is 2. The van der Waals surface area contributed by atoms with Gasteiger partial charge in [-0.1, -0.05) is 31.9 Å². The summed E-state index contributed by atoms with van der Waals surface area (Å²) >= 11 is 7.27. The lowest BCUT2D eigenvalue weighted by Crippen LogP contribution is -2.36. The average Bonchev–Trinajstić information content (AvgIpc) is 2.92. The van der Waals surface area contributed by atoms with Gasteiger partial charge in [-0.25, -0.2) is 18.4 Å². The van der Waals surface area contributed by atoms with Crippen molar-refractivity contribution in [1.82, 2.24) is 9.13 Å². The van der Waals surface area contributed by atoms with Crippen LogP contribution < -0.4 is 10.9 Å². The predicted octanol–water partition coefficient (Wildman–Crippen LogP) is 5.18. The molecule has 0 saturated heterocycles. The number of pyridine rings is 2. The number of nitrogens with zero attached hydrogens (tertiary/aromatic N) is 2. The summed E-state index contributed by atoms with van der Waals surface area (Å²) in [6.07, 6.45) is 2.73. The number of esters is 2. The number of hydrogen-bond donors (Lipinski definition) is 0. The first-order valence-electron chi connectivity index (χ1n) is 12.3. The van der Waals surface area contributed by atoms with Gasteiger partial charge < -0.3 is 18.6 Å². The van der Waals surface area contributed by atoms with E-state index >= 15 is 0 Å². The molecule has 8 nitrogen and oxygen atoms in total. The van der Waals surface area contributed by atoms with Crippen molar-refractivity contribution in [1.29, 1.82) is 0 Å². The molecule has 2 aromatic heterocycles. The highest BCUT2D eigenvalue weighted by molar-refractivity contribution is 9.12. The van der Waals surface area contributed by atoms with E-state index in [2.05, 4.69) is 31.9 Å². The molecule has 0 amide bonds. The molecule has 0 saturated carbocycles. The molecule has 0 radical (unpaired) electrons. The topological polar surface area (TPSA) is 96.6 Å². The molecule has 4 rings (SSSR count). The van der Waals surface area contributed by atoms with Crippen molar-refractivity contribution in [3.05, 3.63) is 92.0 Å². The van der Waals surface area contributed by atoms with Gasteiger partial charge in [0.05, 0.1) is 28.6 Å². The van der Waals surface area contributed by atoms with Gasteiger partial charge in [0.1, 0.15) is 22.8 Å². The maximum Gasteiger partial charge on any atom is 0.343 e. The number of hydrogen-bond acceptors (Lipinski definition) is 6. The van der Waals surface area contributed by atoms with Crippen molar-refractivity contribution >= 4 is 65.6 Å². The molecule has 0 aliphatic carbocycles. The van der Waals surface area contributed by atoms with Gasteiger partial charge >= 0.3 is 11.9 Å². The molecule has 2 aromatic carbocycles. The molecule has 0 bridgehead atoms. The fourth-order valence-corrected chi connectivity index (χ4v) is 5.35. The Labute approximate surface area is 243 Å². The van der Waals surface area contributed by atoms with E-state index in [-0.39, 0.29) is 48.2 Å². The SMILES string of the molecule is CCOC(=O)c1cn(CC(Br)(CBr)Cn2cc(C(=O)OCC)c(=O)c3cc(F)ccc32)c2ccc(F)cc2c1=O. The Morgan fingerprint density at radius 2 is 1.20 bits per heavy atom. The molecule has 4 aromatic rings. The number of rotatable bonds is 9. The van der Waals surface area contributed by atoms with Crippen molar-refractivity contribution in [3.63, 3.8) is 0 Å². The summed E-state index contributed by atoms with van der Waals surface area (Å²) in [5, 5.41) is 0.320. The number of ether oxygens (including phenoxy) is 2. The van der Waals surface area contributed by atoms with Crippen LogP contribution >= 0.6 is 31.9 Å². The van der Waals surface area contributed by atoms with E-state index in [1.165, 1.54) is 36.7 Å². The largest absolute Gasteiger partial charge is 0.462 e. The molecular weight excluding hydrogens is 658 g/mol. The van der Waals surface area contributed by atoms with E-state index in [0.717, 1.165) is 12.1 Å². The van der Waals surface area contributed by atoms with Crippen molar-refractivity contribution in [2.75, 3.05) is 18.5 Å². The average molecular weight is 682 g/mol. The highest BCUT2D eigenvalue weighted by atomic mass is 79.9. The van der Waals surface area contributed by atoms with Gasteiger partial charge in [0, 0.05) is 41.6 Å². The molecule has 2 heterocycles. The van der Waals surface area contributed by atoms with Gasteiger partial charge in [-0.15, -0.1) is 0 Å². The van der Waals surface area contributed by atoms with E-state index in [9.17, 15) is 28.0 Å². The predicted molar refractivity (Wildman–Crippen MR) is 154 cm³/mol. The molecule has 40 heavy (non-hydrogen) atoms. The smallest absolute Gasteiger partial charge is 0.343 e.